The van der Waals surface area contributed by atoms with Crippen LogP contribution in [0.25, 0.3) is 0 Å². The lowest BCUT2D eigenvalue weighted by molar-refractivity contribution is -0.394. The maximum absolute atomic E-state index is 12.2. The third-order valence-corrected chi connectivity index (χ3v) is 4.63. The van der Waals surface area contributed by atoms with E-state index in [4.69, 9.17) is 4.18 Å². The first-order valence-corrected chi connectivity index (χ1v) is 8.00. The summed E-state index contributed by atoms with van der Waals surface area (Å²) in [6, 6.07) is 9.04. The van der Waals surface area contributed by atoms with Gasteiger partial charge in [0, 0.05) is 6.07 Å². The minimum Gasteiger partial charge on any atom is -0.261 e. The molecule has 2 aromatic rings. The molecule has 0 aliphatic heterocycles. The summed E-state index contributed by atoms with van der Waals surface area (Å²) in [5.74, 6) is 0. The first-order valence-electron chi connectivity index (χ1n) is 6.59. The summed E-state index contributed by atoms with van der Waals surface area (Å²) in [5.41, 5.74) is -0.658. The Labute approximate surface area is 136 Å². The Morgan fingerprint density at radius 3 is 2.29 bits per heavy atom. The molecule has 0 heterocycles. The van der Waals surface area contributed by atoms with Crippen molar-refractivity contribution in [3.8, 4) is 0 Å². The lowest BCUT2D eigenvalue weighted by Gasteiger charge is -2.08. The van der Waals surface area contributed by atoms with E-state index in [1.54, 1.807) is 19.1 Å². The van der Waals surface area contributed by atoms with Crippen LogP contribution < -0.4 is 0 Å². The van der Waals surface area contributed by atoms with Crippen molar-refractivity contribution in [2.75, 3.05) is 0 Å². The molecule has 0 unspecified atom stereocenters. The number of nitrogens with zero attached hydrogens (tertiary/aromatic N) is 2. The molecule has 0 saturated heterocycles. The number of rotatable bonds is 6. The topological polar surface area (TPSA) is 130 Å². The molecule has 0 spiro atoms. The summed E-state index contributed by atoms with van der Waals surface area (Å²) in [6.07, 6.45) is 0. The molecule has 0 aliphatic carbocycles. The lowest BCUT2D eigenvalue weighted by Crippen LogP contribution is -2.09. The van der Waals surface area contributed by atoms with Crippen LogP contribution in [0.5, 0.6) is 0 Å². The molecule has 10 heteroatoms. The van der Waals surface area contributed by atoms with E-state index in [0.717, 1.165) is 18.2 Å². The molecule has 2 aromatic carbocycles. The molecular weight excluding hydrogens is 340 g/mol. The highest BCUT2D eigenvalue weighted by Crippen LogP contribution is 2.27. The third-order valence-electron chi connectivity index (χ3n) is 3.21. The number of nitro groups is 2. The third kappa shape index (κ3) is 3.73. The van der Waals surface area contributed by atoms with Crippen LogP contribution in [0, 0.1) is 27.2 Å². The molecule has 126 valence electrons. The summed E-state index contributed by atoms with van der Waals surface area (Å²) in [5, 5.41) is 21.7. The number of hydrogen-bond acceptors (Lipinski definition) is 7. The van der Waals surface area contributed by atoms with Crippen molar-refractivity contribution in [2.45, 2.75) is 18.4 Å². The number of hydrogen-bond donors (Lipinski definition) is 0. The van der Waals surface area contributed by atoms with Crippen molar-refractivity contribution < 1.29 is 22.4 Å². The zero-order chi connectivity index (χ0) is 17.9. The second kappa shape index (κ2) is 6.72. The van der Waals surface area contributed by atoms with E-state index < -0.39 is 37.9 Å². The van der Waals surface area contributed by atoms with Crippen LogP contribution in [0.1, 0.15) is 11.1 Å². The SMILES string of the molecule is Cc1ccccc1S(=O)(=O)OCc1ccc([N+](=O)[O-])cc1[N+](=O)[O-]. The Kier molecular flexibility index (Phi) is 4.90. The van der Waals surface area contributed by atoms with Crippen LogP contribution in [0.4, 0.5) is 11.4 Å². The van der Waals surface area contributed by atoms with Gasteiger partial charge in [-0.25, -0.2) is 0 Å². The smallest absolute Gasteiger partial charge is 0.261 e. The van der Waals surface area contributed by atoms with Crippen molar-refractivity contribution in [1.82, 2.24) is 0 Å². The van der Waals surface area contributed by atoms with Crippen LogP contribution in [0.2, 0.25) is 0 Å². The summed E-state index contributed by atoms with van der Waals surface area (Å²) in [6.45, 7) is 0.982. The predicted octanol–water partition coefficient (Wildman–Crippen LogP) is 2.72. The predicted molar refractivity (Wildman–Crippen MR) is 82.9 cm³/mol. The molecule has 24 heavy (non-hydrogen) atoms. The molecular formula is C14H12N2O7S. The van der Waals surface area contributed by atoms with E-state index >= 15 is 0 Å². The zero-order valence-corrected chi connectivity index (χ0v) is 13.2. The number of non-ortho nitro benzene ring substituents is 1. The Morgan fingerprint density at radius 2 is 1.71 bits per heavy atom. The van der Waals surface area contributed by atoms with E-state index in [0.29, 0.717) is 5.56 Å². The maximum atomic E-state index is 12.2. The quantitative estimate of drug-likeness (QED) is 0.444. The van der Waals surface area contributed by atoms with Gasteiger partial charge < -0.3 is 0 Å². The summed E-state index contributed by atoms with van der Waals surface area (Å²) >= 11 is 0. The van der Waals surface area contributed by atoms with Crippen LogP contribution in [-0.2, 0) is 20.9 Å². The van der Waals surface area contributed by atoms with Gasteiger partial charge in [-0.15, -0.1) is 0 Å². The van der Waals surface area contributed by atoms with Gasteiger partial charge in [-0.05, 0) is 24.6 Å². The van der Waals surface area contributed by atoms with Gasteiger partial charge in [0.05, 0.1) is 33.0 Å². The molecule has 0 fully saturated rings. The van der Waals surface area contributed by atoms with Gasteiger partial charge in [-0.3, -0.25) is 24.4 Å². The molecule has 0 radical (unpaired) electrons. The Morgan fingerprint density at radius 1 is 1.04 bits per heavy atom. The molecule has 2 rings (SSSR count). The van der Waals surface area contributed by atoms with Crippen molar-refractivity contribution >= 4 is 21.5 Å². The number of aryl methyl sites for hydroxylation is 1. The fourth-order valence-electron chi connectivity index (χ4n) is 2.00. The molecule has 0 saturated carbocycles. The fourth-order valence-corrected chi connectivity index (χ4v) is 3.12. The molecule has 0 N–H and O–H groups in total. The van der Waals surface area contributed by atoms with Crippen LogP contribution in [0.3, 0.4) is 0 Å². The van der Waals surface area contributed by atoms with E-state index in [-0.39, 0.29) is 10.5 Å². The normalized spacial score (nSPS) is 11.2. The molecule has 0 aliphatic rings. The zero-order valence-electron chi connectivity index (χ0n) is 12.4. The van der Waals surface area contributed by atoms with Crippen LogP contribution in [-0.4, -0.2) is 18.3 Å². The summed E-state index contributed by atoms with van der Waals surface area (Å²) < 4.78 is 29.2. The summed E-state index contributed by atoms with van der Waals surface area (Å²) in [4.78, 5) is 20.1. The molecule has 0 atom stereocenters. The van der Waals surface area contributed by atoms with E-state index in [9.17, 15) is 28.6 Å². The van der Waals surface area contributed by atoms with Gasteiger partial charge >= 0.3 is 0 Å². The second-order valence-corrected chi connectivity index (χ2v) is 6.39. The van der Waals surface area contributed by atoms with Crippen molar-refractivity contribution in [3.63, 3.8) is 0 Å². The van der Waals surface area contributed by atoms with E-state index in [1.165, 1.54) is 12.1 Å². The lowest BCUT2D eigenvalue weighted by atomic mass is 10.2. The Balaban J connectivity index is 2.30. The minimum absolute atomic E-state index is 0.0467. The van der Waals surface area contributed by atoms with Gasteiger partial charge in [-0.1, -0.05) is 18.2 Å². The average molecular weight is 352 g/mol. The Hall–Kier alpha value is -2.85. The second-order valence-electron chi connectivity index (χ2n) is 4.81. The Bertz CT molecular complexity index is 909. The van der Waals surface area contributed by atoms with Gasteiger partial charge in [0.1, 0.15) is 0 Å². The van der Waals surface area contributed by atoms with E-state index in [2.05, 4.69) is 0 Å². The van der Waals surface area contributed by atoms with Crippen molar-refractivity contribution in [3.05, 3.63) is 73.8 Å². The van der Waals surface area contributed by atoms with Crippen LogP contribution in [0.15, 0.2) is 47.4 Å². The highest BCUT2D eigenvalue weighted by Gasteiger charge is 2.23. The fraction of sp³-hybridized carbons (Fsp3) is 0.143. The molecule has 0 aromatic heterocycles. The maximum Gasteiger partial charge on any atom is 0.297 e. The van der Waals surface area contributed by atoms with Crippen molar-refractivity contribution in [1.29, 1.82) is 0 Å². The largest absolute Gasteiger partial charge is 0.297 e. The molecule has 0 amide bonds. The van der Waals surface area contributed by atoms with Gasteiger partial charge in [0.15, 0.2) is 0 Å². The van der Waals surface area contributed by atoms with Gasteiger partial charge in [0.2, 0.25) is 0 Å². The van der Waals surface area contributed by atoms with Crippen molar-refractivity contribution in [2.24, 2.45) is 0 Å². The minimum atomic E-state index is -4.11. The molecule has 9 nitrogen and oxygen atoms in total. The number of benzene rings is 2. The molecule has 0 bridgehead atoms. The standard InChI is InChI=1S/C14H12N2O7S/c1-10-4-2-3-5-14(10)24(21,22)23-9-11-6-7-12(15(17)18)8-13(11)16(19)20/h2-8H,9H2,1H3. The average Bonchev–Trinajstić information content (AvgIpc) is 2.52. The first kappa shape index (κ1) is 17.5. The highest BCUT2D eigenvalue weighted by atomic mass is 32.2. The monoisotopic (exact) mass is 352 g/mol. The highest BCUT2D eigenvalue weighted by molar-refractivity contribution is 7.86. The van der Waals surface area contributed by atoms with Gasteiger partial charge in [-0.2, -0.15) is 8.42 Å². The van der Waals surface area contributed by atoms with E-state index in [1.807, 2.05) is 0 Å². The van der Waals surface area contributed by atoms with Gasteiger partial charge in [0.25, 0.3) is 21.5 Å². The summed E-state index contributed by atoms with van der Waals surface area (Å²) in [7, 11) is -4.11. The first-order chi connectivity index (χ1) is 11.2. The number of nitro benzene ring substituents is 2. The van der Waals surface area contributed by atoms with Crippen LogP contribution >= 0.6 is 0 Å².